The molecule has 0 bridgehead atoms. The van der Waals surface area contributed by atoms with Gasteiger partial charge in [0.25, 0.3) is 5.69 Å². The van der Waals surface area contributed by atoms with Crippen LogP contribution in [-0.2, 0) is 11.3 Å². The topological polar surface area (TPSA) is 72.6 Å². The molecule has 0 radical (unpaired) electrons. The van der Waals surface area contributed by atoms with Gasteiger partial charge in [-0.2, -0.15) is 0 Å². The number of nitro benzene ring substituents is 1. The molecule has 1 aromatic carbocycles. The zero-order chi connectivity index (χ0) is 10.4. The van der Waals surface area contributed by atoms with Gasteiger partial charge in [0.05, 0.1) is 30.3 Å². The van der Waals surface area contributed by atoms with E-state index in [9.17, 15) is 10.1 Å². The first-order chi connectivity index (χ1) is 6.75. The second-order valence-corrected chi connectivity index (χ2v) is 2.66. The predicted molar refractivity (Wildman–Crippen MR) is 49.8 cm³/mol. The lowest BCUT2D eigenvalue weighted by Crippen LogP contribution is -2.01. The van der Waals surface area contributed by atoms with Crippen molar-refractivity contribution in [2.45, 2.75) is 6.61 Å². The smallest absolute Gasteiger partial charge is 0.274 e. The lowest BCUT2D eigenvalue weighted by atomic mass is 10.2. The highest BCUT2D eigenvalue weighted by molar-refractivity contribution is 5.39. The van der Waals surface area contributed by atoms with Gasteiger partial charge in [0.15, 0.2) is 0 Å². The van der Waals surface area contributed by atoms with Gasteiger partial charge in [0.1, 0.15) is 0 Å². The zero-order valence-electron chi connectivity index (χ0n) is 7.55. The number of hydrogen-bond donors (Lipinski definition) is 1. The highest BCUT2D eigenvalue weighted by atomic mass is 16.6. The summed E-state index contributed by atoms with van der Waals surface area (Å²) in [4.78, 5) is 10.1. The van der Waals surface area contributed by atoms with E-state index in [1.807, 2.05) is 0 Å². The van der Waals surface area contributed by atoms with Crippen molar-refractivity contribution in [3.05, 3.63) is 39.9 Å². The molecule has 0 amide bonds. The first-order valence-corrected chi connectivity index (χ1v) is 4.16. The van der Waals surface area contributed by atoms with Gasteiger partial charge in [0, 0.05) is 6.07 Å². The molecule has 0 saturated carbocycles. The molecule has 0 unspecified atom stereocenters. The molecule has 0 aliphatic heterocycles. The number of aliphatic hydroxyl groups is 1. The van der Waals surface area contributed by atoms with E-state index in [-0.39, 0.29) is 25.5 Å². The number of ether oxygens (including phenoxy) is 1. The van der Waals surface area contributed by atoms with E-state index in [1.54, 1.807) is 18.2 Å². The van der Waals surface area contributed by atoms with Gasteiger partial charge >= 0.3 is 0 Å². The Balaban J connectivity index is 2.69. The number of hydrogen-bond acceptors (Lipinski definition) is 4. The van der Waals surface area contributed by atoms with Gasteiger partial charge in [-0.3, -0.25) is 10.1 Å². The minimum atomic E-state index is -0.447. The summed E-state index contributed by atoms with van der Waals surface area (Å²) in [5, 5.41) is 19.0. The fraction of sp³-hybridized carbons (Fsp3) is 0.333. The Morgan fingerprint density at radius 2 is 2.14 bits per heavy atom. The Morgan fingerprint density at radius 3 is 2.79 bits per heavy atom. The van der Waals surface area contributed by atoms with Crippen LogP contribution in [0.15, 0.2) is 24.3 Å². The zero-order valence-corrected chi connectivity index (χ0v) is 7.55. The first kappa shape index (κ1) is 10.6. The van der Waals surface area contributed by atoms with E-state index in [0.717, 1.165) is 0 Å². The van der Waals surface area contributed by atoms with Crippen molar-refractivity contribution in [2.24, 2.45) is 0 Å². The summed E-state index contributed by atoms with van der Waals surface area (Å²) in [5.74, 6) is 0. The highest BCUT2D eigenvalue weighted by Gasteiger charge is 2.11. The van der Waals surface area contributed by atoms with Gasteiger partial charge in [-0.15, -0.1) is 0 Å². The molecule has 1 rings (SSSR count). The van der Waals surface area contributed by atoms with Crippen molar-refractivity contribution in [3.63, 3.8) is 0 Å². The molecular weight excluding hydrogens is 186 g/mol. The number of nitrogens with zero attached hydrogens (tertiary/aromatic N) is 1. The molecule has 0 aromatic heterocycles. The van der Waals surface area contributed by atoms with E-state index in [1.165, 1.54) is 6.07 Å². The number of benzene rings is 1. The van der Waals surface area contributed by atoms with Gasteiger partial charge in [-0.05, 0) is 6.07 Å². The molecule has 76 valence electrons. The van der Waals surface area contributed by atoms with E-state index in [4.69, 9.17) is 9.84 Å². The third-order valence-corrected chi connectivity index (χ3v) is 1.68. The summed E-state index contributed by atoms with van der Waals surface area (Å²) in [6.07, 6.45) is 0. The normalized spacial score (nSPS) is 10.1. The monoisotopic (exact) mass is 197 g/mol. The SMILES string of the molecule is O=[N+]([O-])c1ccccc1COCCO. The molecule has 0 saturated heterocycles. The van der Waals surface area contributed by atoms with Crippen LogP contribution in [-0.4, -0.2) is 23.2 Å². The minimum absolute atomic E-state index is 0.0467. The lowest BCUT2D eigenvalue weighted by Gasteiger charge is -2.02. The van der Waals surface area contributed by atoms with Gasteiger partial charge < -0.3 is 9.84 Å². The molecule has 14 heavy (non-hydrogen) atoms. The number of aliphatic hydroxyl groups excluding tert-OH is 1. The van der Waals surface area contributed by atoms with Crippen molar-refractivity contribution in [2.75, 3.05) is 13.2 Å². The maximum absolute atomic E-state index is 10.6. The summed E-state index contributed by atoms with van der Waals surface area (Å²) in [6, 6.07) is 6.38. The molecule has 0 spiro atoms. The van der Waals surface area contributed by atoms with Crippen LogP contribution in [0.3, 0.4) is 0 Å². The summed E-state index contributed by atoms with van der Waals surface area (Å²) in [5.41, 5.74) is 0.566. The van der Waals surface area contributed by atoms with Crippen LogP contribution in [0.25, 0.3) is 0 Å². The molecule has 1 N–H and O–H groups in total. The van der Waals surface area contributed by atoms with Crippen molar-refractivity contribution in [1.29, 1.82) is 0 Å². The average molecular weight is 197 g/mol. The molecular formula is C9H11NO4. The Labute approximate surface area is 81.1 Å². The Hall–Kier alpha value is -1.46. The second-order valence-electron chi connectivity index (χ2n) is 2.66. The van der Waals surface area contributed by atoms with E-state index >= 15 is 0 Å². The number of para-hydroxylation sites is 1. The van der Waals surface area contributed by atoms with Crippen molar-refractivity contribution < 1.29 is 14.8 Å². The van der Waals surface area contributed by atoms with Crippen LogP contribution in [0.4, 0.5) is 5.69 Å². The van der Waals surface area contributed by atoms with Crippen LogP contribution in [0, 0.1) is 10.1 Å². The summed E-state index contributed by atoms with van der Waals surface area (Å²) < 4.78 is 5.01. The number of nitro groups is 1. The second kappa shape index (κ2) is 5.31. The molecule has 1 aromatic rings. The molecule has 0 aliphatic carbocycles. The minimum Gasteiger partial charge on any atom is -0.394 e. The maximum atomic E-state index is 10.6. The molecule has 0 heterocycles. The molecule has 0 atom stereocenters. The first-order valence-electron chi connectivity index (χ1n) is 4.16. The van der Waals surface area contributed by atoms with E-state index in [2.05, 4.69) is 0 Å². The Morgan fingerprint density at radius 1 is 1.43 bits per heavy atom. The third kappa shape index (κ3) is 2.79. The third-order valence-electron chi connectivity index (χ3n) is 1.68. The van der Waals surface area contributed by atoms with Crippen LogP contribution in [0.1, 0.15) is 5.56 Å². The fourth-order valence-electron chi connectivity index (χ4n) is 1.06. The van der Waals surface area contributed by atoms with Gasteiger partial charge in [-0.1, -0.05) is 12.1 Å². The van der Waals surface area contributed by atoms with Crippen LogP contribution >= 0.6 is 0 Å². The van der Waals surface area contributed by atoms with Crippen molar-refractivity contribution in [3.8, 4) is 0 Å². The summed E-state index contributed by atoms with van der Waals surface area (Å²) >= 11 is 0. The summed E-state index contributed by atoms with van der Waals surface area (Å²) in [6.45, 7) is 0.254. The quantitative estimate of drug-likeness (QED) is 0.436. The Kier molecular flexibility index (Phi) is 4.03. The Bertz CT molecular complexity index is 313. The van der Waals surface area contributed by atoms with Gasteiger partial charge in [-0.25, -0.2) is 0 Å². The molecule has 0 fully saturated rings. The van der Waals surface area contributed by atoms with Crippen molar-refractivity contribution >= 4 is 5.69 Å². The van der Waals surface area contributed by atoms with Crippen LogP contribution in [0.5, 0.6) is 0 Å². The standard InChI is InChI=1S/C9H11NO4/c11-5-6-14-7-8-3-1-2-4-9(8)10(12)13/h1-4,11H,5-7H2. The predicted octanol–water partition coefficient (Wildman–Crippen LogP) is 1.10. The molecule has 5 heteroatoms. The van der Waals surface area contributed by atoms with Crippen LogP contribution in [0.2, 0.25) is 0 Å². The summed E-state index contributed by atoms with van der Waals surface area (Å²) in [7, 11) is 0. The van der Waals surface area contributed by atoms with Crippen LogP contribution < -0.4 is 0 Å². The highest BCUT2D eigenvalue weighted by Crippen LogP contribution is 2.17. The van der Waals surface area contributed by atoms with E-state index < -0.39 is 4.92 Å². The lowest BCUT2D eigenvalue weighted by molar-refractivity contribution is -0.386. The molecule has 5 nitrogen and oxygen atoms in total. The average Bonchev–Trinajstić information content (AvgIpc) is 2.19. The van der Waals surface area contributed by atoms with E-state index in [0.29, 0.717) is 5.56 Å². The molecule has 0 aliphatic rings. The van der Waals surface area contributed by atoms with Gasteiger partial charge in [0.2, 0.25) is 0 Å². The largest absolute Gasteiger partial charge is 0.394 e. The maximum Gasteiger partial charge on any atom is 0.274 e. The van der Waals surface area contributed by atoms with Crippen molar-refractivity contribution in [1.82, 2.24) is 0 Å². The fourth-order valence-corrected chi connectivity index (χ4v) is 1.06. The number of rotatable bonds is 5.